The minimum Gasteiger partial charge on any atom is -0.388 e. The van der Waals surface area contributed by atoms with Crippen LogP contribution in [0.15, 0.2) is 0 Å². The van der Waals surface area contributed by atoms with Crippen molar-refractivity contribution in [2.24, 2.45) is 0 Å². The van der Waals surface area contributed by atoms with Crippen molar-refractivity contribution >= 4 is 6.03 Å². The summed E-state index contributed by atoms with van der Waals surface area (Å²) < 4.78 is 0. The average Bonchev–Trinajstić information content (AvgIpc) is 2.11. The van der Waals surface area contributed by atoms with Crippen LogP contribution in [0.2, 0.25) is 0 Å². The van der Waals surface area contributed by atoms with E-state index in [4.69, 9.17) is 0 Å². The molecule has 2 amide bonds. The van der Waals surface area contributed by atoms with Gasteiger partial charge in [0.1, 0.15) is 18.3 Å². The number of hydrogen-bond donors (Lipinski definition) is 5. The van der Waals surface area contributed by atoms with Gasteiger partial charge < -0.3 is 26.0 Å². The first-order valence-electron chi connectivity index (χ1n) is 4.21. The molecule has 2 fully saturated rings. The van der Waals surface area contributed by atoms with Crippen LogP contribution in [0, 0.1) is 0 Å². The maximum absolute atomic E-state index is 10.9. The van der Waals surface area contributed by atoms with Crippen molar-refractivity contribution in [2.75, 3.05) is 0 Å². The van der Waals surface area contributed by atoms with E-state index in [1.165, 1.54) is 0 Å². The van der Waals surface area contributed by atoms with Crippen molar-refractivity contribution in [3.63, 3.8) is 0 Å². The average molecular weight is 188 g/mol. The Morgan fingerprint density at radius 2 is 1.46 bits per heavy atom. The van der Waals surface area contributed by atoms with E-state index in [-0.39, 0.29) is 0 Å². The van der Waals surface area contributed by atoms with Gasteiger partial charge in [0.25, 0.3) is 0 Å². The molecule has 1 heterocycles. The number of aliphatic hydroxyl groups excluding tert-OH is 3. The van der Waals surface area contributed by atoms with Crippen LogP contribution < -0.4 is 10.6 Å². The van der Waals surface area contributed by atoms with Crippen LogP contribution in [-0.4, -0.2) is 51.7 Å². The summed E-state index contributed by atoms with van der Waals surface area (Å²) in [6.45, 7) is 0. The van der Waals surface area contributed by atoms with Gasteiger partial charge in [0.15, 0.2) is 0 Å². The fourth-order valence-corrected chi connectivity index (χ4v) is 1.90. The van der Waals surface area contributed by atoms with Gasteiger partial charge in [-0.05, 0) is 6.42 Å². The standard InChI is InChI=1S/C7H12N2O4/c10-4-2-1-3(5(11)6(4)12)9-7(13)8-2/h2-6,10-12H,1H2,(H2,8,9,13). The lowest BCUT2D eigenvalue weighted by Crippen LogP contribution is -2.70. The Balaban J connectivity index is 2.19. The molecule has 4 unspecified atom stereocenters. The predicted molar refractivity (Wildman–Crippen MR) is 41.9 cm³/mol. The number of carbonyl (C=O) groups is 1. The van der Waals surface area contributed by atoms with Crippen LogP contribution in [0.1, 0.15) is 6.42 Å². The van der Waals surface area contributed by atoms with Gasteiger partial charge in [0, 0.05) is 0 Å². The third kappa shape index (κ3) is 1.27. The maximum Gasteiger partial charge on any atom is 0.315 e. The number of fused-ring (bicyclic) bond motifs is 2. The fourth-order valence-electron chi connectivity index (χ4n) is 1.90. The summed E-state index contributed by atoms with van der Waals surface area (Å²) in [7, 11) is 0. The minimum atomic E-state index is -1.20. The molecule has 2 rings (SSSR count). The Hall–Kier alpha value is -0.850. The first kappa shape index (κ1) is 8.74. The van der Waals surface area contributed by atoms with Gasteiger partial charge in [-0.15, -0.1) is 0 Å². The molecule has 0 spiro atoms. The van der Waals surface area contributed by atoms with Crippen LogP contribution in [-0.2, 0) is 0 Å². The Bertz CT molecular complexity index is 215. The van der Waals surface area contributed by atoms with Crippen molar-refractivity contribution in [3.8, 4) is 0 Å². The van der Waals surface area contributed by atoms with Gasteiger partial charge in [-0.1, -0.05) is 0 Å². The van der Waals surface area contributed by atoms with E-state index >= 15 is 0 Å². The molecule has 1 aliphatic carbocycles. The third-order valence-electron chi connectivity index (χ3n) is 2.67. The van der Waals surface area contributed by atoms with Crippen molar-refractivity contribution in [3.05, 3.63) is 0 Å². The molecule has 1 saturated carbocycles. The summed E-state index contributed by atoms with van der Waals surface area (Å²) in [5.41, 5.74) is 0. The molecule has 4 atom stereocenters. The number of nitrogens with one attached hydrogen (secondary N) is 2. The van der Waals surface area contributed by atoms with Crippen LogP contribution in [0.3, 0.4) is 0 Å². The Morgan fingerprint density at radius 1 is 1.00 bits per heavy atom. The van der Waals surface area contributed by atoms with Gasteiger partial charge >= 0.3 is 6.03 Å². The molecule has 2 aliphatic rings. The zero-order valence-electron chi connectivity index (χ0n) is 6.84. The summed E-state index contributed by atoms with van der Waals surface area (Å²) in [6.07, 6.45) is -2.93. The molecular weight excluding hydrogens is 176 g/mol. The van der Waals surface area contributed by atoms with Crippen molar-refractivity contribution in [1.29, 1.82) is 0 Å². The summed E-state index contributed by atoms with van der Waals surface area (Å²) >= 11 is 0. The van der Waals surface area contributed by atoms with E-state index in [1.807, 2.05) is 0 Å². The second kappa shape index (κ2) is 2.83. The highest BCUT2D eigenvalue weighted by Gasteiger charge is 2.46. The van der Waals surface area contributed by atoms with Crippen molar-refractivity contribution < 1.29 is 20.1 Å². The molecule has 13 heavy (non-hydrogen) atoms. The number of rotatable bonds is 0. The molecule has 0 radical (unpaired) electrons. The highest BCUT2D eigenvalue weighted by atomic mass is 16.4. The van der Waals surface area contributed by atoms with Crippen LogP contribution in [0.4, 0.5) is 4.79 Å². The highest BCUT2D eigenvalue weighted by molar-refractivity contribution is 5.76. The molecule has 5 N–H and O–H groups in total. The quantitative estimate of drug-likeness (QED) is 0.290. The molecule has 2 bridgehead atoms. The Morgan fingerprint density at radius 3 is 1.92 bits per heavy atom. The van der Waals surface area contributed by atoms with Crippen molar-refractivity contribution in [2.45, 2.75) is 36.8 Å². The zero-order valence-corrected chi connectivity index (χ0v) is 6.84. The molecule has 6 nitrogen and oxygen atoms in total. The first-order chi connectivity index (χ1) is 6.09. The number of hydrogen-bond acceptors (Lipinski definition) is 4. The first-order valence-corrected chi connectivity index (χ1v) is 4.21. The molecule has 0 aromatic heterocycles. The topological polar surface area (TPSA) is 102 Å². The zero-order chi connectivity index (χ0) is 9.59. The van der Waals surface area contributed by atoms with E-state index in [9.17, 15) is 20.1 Å². The minimum absolute atomic E-state index is 0.411. The Kier molecular flexibility index (Phi) is 1.90. The van der Waals surface area contributed by atoms with E-state index < -0.39 is 36.4 Å². The normalized spacial score (nSPS) is 49.5. The molecule has 0 aromatic carbocycles. The van der Waals surface area contributed by atoms with Crippen LogP contribution in [0.25, 0.3) is 0 Å². The SMILES string of the molecule is O=C1NC2CC(N1)C(O)C(O)C2O. The molecule has 1 aliphatic heterocycles. The largest absolute Gasteiger partial charge is 0.388 e. The van der Waals surface area contributed by atoms with Crippen LogP contribution >= 0.6 is 0 Å². The summed E-state index contributed by atoms with van der Waals surface area (Å²) in [4.78, 5) is 10.9. The van der Waals surface area contributed by atoms with Gasteiger partial charge in [-0.3, -0.25) is 0 Å². The number of carbonyl (C=O) groups excluding carboxylic acids is 1. The lowest BCUT2D eigenvalue weighted by Gasteiger charge is -2.44. The monoisotopic (exact) mass is 188 g/mol. The number of amides is 2. The maximum atomic E-state index is 10.9. The van der Waals surface area contributed by atoms with E-state index in [0.717, 1.165) is 0 Å². The number of aliphatic hydroxyl groups is 3. The van der Waals surface area contributed by atoms with Gasteiger partial charge in [-0.25, -0.2) is 4.79 Å². The molecular formula is C7H12N2O4. The smallest absolute Gasteiger partial charge is 0.315 e. The lowest BCUT2D eigenvalue weighted by molar-refractivity contribution is -0.113. The summed E-state index contributed by atoms with van der Waals surface area (Å²) in [6, 6.07) is -1.33. The van der Waals surface area contributed by atoms with Gasteiger partial charge in [0.05, 0.1) is 12.1 Å². The third-order valence-corrected chi connectivity index (χ3v) is 2.67. The second-order valence-corrected chi connectivity index (χ2v) is 3.54. The lowest BCUT2D eigenvalue weighted by atomic mass is 9.83. The van der Waals surface area contributed by atoms with Crippen LogP contribution in [0.5, 0.6) is 0 Å². The predicted octanol–water partition coefficient (Wildman–Crippen LogP) is -2.48. The summed E-state index contributed by atoms with van der Waals surface area (Å²) in [5.74, 6) is 0. The highest BCUT2D eigenvalue weighted by Crippen LogP contribution is 2.23. The van der Waals surface area contributed by atoms with Gasteiger partial charge in [0.2, 0.25) is 0 Å². The number of urea groups is 1. The van der Waals surface area contributed by atoms with E-state index in [2.05, 4.69) is 10.6 Å². The second-order valence-electron chi connectivity index (χ2n) is 3.54. The fraction of sp³-hybridized carbons (Fsp3) is 0.857. The van der Waals surface area contributed by atoms with E-state index in [1.54, 1.807) is 0 Å². The Labute approximate surface area is 74.6 Å². The van der Waals surface area contributed by atoms with Crippen molar-refractivity contribution in [1.82, 2.24) is 10.6 Å². The summed E-state index contributed by atoms with van der Waals surface area (Å²) in [5, 5.41) is 33.2. The molecule has 6 heteroatoms. The molecule has 1 saturated heterocycles. The van der Waals surface area contributed by atoms with Gasteiger partial charge in [-0.2, -0.15) is 0 Å². The molecule has 0 aromatic rings. The molecule has 74 valence electrons. The van der Waals surface area contributed by atoms with E-state index in [0.29, 0.717) is 6.42 Å².